The van der Waals surface area contributed by atoms with Gasteiger partial charge in [0.05, 0.1) is 5.69 Å². The maximum atomic E-state index is 11.3. The highest BCUT2D eigenvalue weighted by atomic mass is 16.4. The first-order valence-electron chi connectivity index (χ1n) is 11.0. The summed E-state index contributed by atoms with van der Waals surface area (Å²) in [5.41, 5.74) is 2.45. The van der Waals surface area contributed by atoms with Gasteiger partial charge in [0.15, 0.2) is 0 Å². The van der Waals surface area contributed by atoms with Crippen molar-refractivity contribution in [2.45, 2.75) is 44.6 Å². The molecule has 0 saturated carbocycles. The summed E-state index contributed by atoms with van der Waals surface area (Å²) in [7, 11) is 4.10. The number of fused-ring (bicyclic) bond motifs is 1. The van der Waals surface area contributed by atoms with Crippen LogP contribution in [0.1, 0.15) is 36.9 Å². The SMILES string of the molecule is CNc1nc(N2CC[C@@H](N3CCN(C)CC3)[C@@H](CCC(=O)O)C2)nc2c1CCC2. The molecule has 2 N–H and O–H groups in total. The van der Waals surface area contributed by atoms with E-state index in [4.69, 9.17) is 9.97 Å². The second kappa shape index (κ2) is 8.83. The van der Waals surface area contributed by atoms with Gasteiger partial charge in [0.25, 0.3) is 0 Å². The minimum absolute atomic E-state index is 0.232. The molecule has 4 rings (SSSR count). The van der Waals surface area contributed by atoms with E-state index >= 15 is 0 Å². The number of anilines is 2. The summed E-state index contributed by atoms with van der Waals surface area (Å²) < 4.78 is 0. The Morgan fingerprint density at radius 2 is 1.97 bits per heavy atom. The zero-order chi connectivity index (χ0) is 20.4. The number of aromatic nitrogens is 2. The van der Waals surface area contributed by atoms with Crippen molar-refractivity contribution >= 4 is 17.7 Å². The lowest BCUT2D eigenvalue weighted by Gasteiger charge is -2.46. The highest BCUT2D eigenvalue weighted by Gasteiger charge is 2.35. The molecule has 2 fully saturated rings. The number of aryl methyl sites for hydroxylation is 1. The Morgan fingerprint density at radius 1 is 1.17 bits per heavy atom. The third-order valence-corrected chi connectivity index (χ3v) is 6.87. The first-order chi connectivity index (χ1) is 14.0. The molecule has 0 amide bonds. The topological polar surface area (TPSA) is 84.8 Å². The molecule has 0 unspecified atom stereocenters. The van der Waals surface area contributed by atoms with E-state index < -0.39 is 5.97 Å². The Labute approximate surface area is 173 Å². The molecule has 8 nitrogen and oxygen atoms in total. The fourth-order valence-corrected chi connectivity index (χ4v) is 5.20. The normalized spacial score (nSPS) is 25.8. The number of piperidine rings is 1. The van der Waals surface area contributed by atoms with Crippen LogP contribution < -0.4 is 10.2 Å². The Balaban J connectivity index is 1.51. The van der Waals surface area contributed by atoms with Gasteiger partial charge in [0.2, 0.25) is 5.95 Å². The largest absolute Gasteiger partial charge is 0.481 e. The van der Waals surface area contributed by atoms with E-state index in [1.54, 1.807) is 0 Å². The zero-order valence-corrected chi connectivity index (χ0v) is 17.7. The number of nitrogens with zero attached hydrogens (tertiary/aromatic N) is 5. The van der Waals surface area contributed by atoms with Crippen molar-refractivity contribution in [3.63, 3.8) is 0 Å². The molecule has 0 radical (unpaired) electrons. The molecule has 0 bridgehead atoms. The molecule has 3 aliphatic rings. The average Bonchev–Trinajstić information content (AvgIpc) is 3.21. The summed E-state index contributed by atoms with van der Waals surface area (Å²) in [4.78, 5) is 28.2. The first-order valence-corrected chi connectivity index (χ1v) is 11.0. The molecule has 8 heteroatoms. The van der Waals surface area contributed by atoms with Crippen LogP contribution in [0.4, 0.5) is 11.8 Å². The molecule has 0 aromatic carbocycles. The number of rotatable bonds is 6. The molecule has 2 saturated heterocycles. The van der Waals surface area contributed by atoms with Gasteiger partial charge >= 0.3 is 5.97 Å². The van der Waals surface area contributed by atoms with Crippen LogP contribution in [0.25, 0.3) is 0 Å². The van der Waals surface area contributed by atoms with Crippen molar-refractivity contribution in [1.29, 1.82) is 0 Å². The average molecular weight is 403 g/mol. The van der Waals surface area contributed by atoms with E-state index in [0.29, 0.717) is 18.4 Å². The third-order valence-electron chi connectivity index (χ3n) is 6.87. The quantitative estimate of drug-likeness (QED) is 0.737. The summed E-state index contributed by atoms with van der Waals surface area (Å²) in [6.07, 6.45) is 5.22. The van der Waals surface area contributed by atoms with Crippen LogP contribution in [-0.4, -0.2) is 90.2 Å². The first kappa shape index (κ1) is 20.3. The van der Waals surface area contributed by atoms with E-state index in [-0.39, 0.29) is 6.42 Å². The van der Waals surface area contributed by atoms with Crippen LogP contribution >= 0.6 is 0 Å². The van der Waals surface area contributed by atoms with E-state index in [1.165, 1.54) is 11.3 Å². The zero-order valence-electron chi connectivity index (χ0n) is 17.7. The number of nitrogens with one attached hydrogen (secondary N) is 1. The van der Waals surface area contributed by atoms with Gasteiger partial charge in [-0.2, -0.15) is 4.98 Å². The van der Waals surface area contributed by atoms with Gasteiger partial charge in [-0.3, -0.25) is 9.69 Å². The van der Waals surface area contributed by atoms with Crippen LogP contribution in [0, 0.1) is 5.92 Å². The molecule has 1 aromatic rings. The van der Waals surface area contributed by atoms with Crippen LogP contribution in [-0.2, 0) is 17.6 Å². The second-order valence-corrected chi connectivity index (χ2v) is 8.73. The summed E-state index contributed by atoms with van der Waals surface area (Å²) in [5.74, 6) is 1.40. The predicted octanol–water partition coefficient (Wildman–Crippen LogP) is 1.31. The molecule has 0 spiro atoms. The van der Waals surface area contributed by atoms with Gasteiger partial charge in [-0.15, -0.1) is 0 Å². The maximum absolute atomic E-state index is 11.3. The Kier molecular flexibility index (Phi) is 6.20. The number of aliphatic carboxylic acids is 1. The molecule has 1 aliphatic carbocycles. The summed E-state index contributed by atoms with van der Waals surface area (Å²) >= 11 is 0. The van der Waals surface area contributed by atoms with Gasteiger partial charge in [-0.25, -0.2) is 4.98 Å². The molecular formula is C21H34N6O2. The minimum Gasteiger partial charge on any atom is -0.481 e. The third kappa shape index (κ3) is 4.48. The fraction of sp³-hybridized carbons (Fsp3) is 0.762. The lowest BCUT2D eigenvalue weighted by atomic mass is 9.86. The number of likely N-dealkylation sites (N-methyl/N-ethyl adjacent to an activating group) is 1. The van der Waals surface area contributed by atoms with E-state index in [9.17, 15) is 9.90 Å². The predicted molar refractivity (Wildman–Crippen MR) is 114 cm³/mol. The summed E-state index contributed by atoms with van der Waals surface area (Å²) in [6.45, 7) is 6.10. The number of carbonyl (C=O) groups is 1. The van der Waals surface area contributed by atoms with Crippen molar-refractivity contribution in [2.75, 3.05) is 63.6 Å². The highest BCUT2D eigenvalue weighted by Crippen LogP contribution is 2.32. The Morgan fingerprint density at radius 3 is 2.69 bits per heavy atom. The van der Waals surface area contributed by atoms with Crippen LogP contribution in [0.5, 0.6) is 0 Å². The van der Waals surface area contributed by atoms with Crippen molar-refractivity contribution in [3.8, 4) is 0 Å². The number of hydrogen-bond donors (Lipinski definition) is 2. The van der Waals surface area contributed by atoms with Crippen molar-refractivity contribution < 1.29 is 9.90 Å². The summed E-state index contributed by atoms with van der Waals surface area (Å²) in [5, 5.41) is 12.5. The van der Waals surface area contributed by atoms with Gasteiger partial charge in [0.1, 0.15) is 5.82 Å². The molecule has 2 aliphatic heterocycles. The van der Waals surface area contributed by atoms with Crippen LogP contribution in [0.15, 0.2) is 0 Å². The molecule has 1 aromatic heterocycles. The Hall–Kier alpha value is -1.93. The fourth-order valence-electron chi connectivity index (χ4n) is 5.20. The van der Waals surface area contributed by atoms with Gasteiger partial charge < -0.3 is 20.2 Å². The maximum Gasteiger partial charge on any atom is 0.303 e. The standard InChI is InChI=1S/C21H34N6O2/c1-22-20-16-4-3-5-17(16)23-21(24-20)27-9-8-18(15(14-27)6-7-19(28)29)26-12-10-25(2)11-13-26/h15,18H,3-14H2,1-2H3,(H,28,29)(H,22,23,24)/t15-,18+/m0/s1. The van der Waals surface area contributed by atoms with E-state index in [0.717, 1.165) is 76.7 Å². The number of hydrogen-bond acceptors (Lipinski definition) is 7. The van der Waals surface area contributed by atoms with Crippen molar-refractivity contribution in [3.05, 3.63) is 11.3 Å². The van der Waals surface area contributed by atoms with E-state index in [2.05, 4.69) is 27.1 Å². The Bertz CT molecular complexity index is 734. The molecular weight excluding hydrogens is 368 g/mol. The van der Waals surface area contributed by atoms with E-state index in [1.807, 2.05) is 7.05 Å². The molecule has 3 heterocycles. The van der Waals surface area contributed by atoms with Crippen molar-refractivity contribution in [1.82, 2.24) is 19.8 Å². The molecule has 160 valence electrons. The lowest BCUT2D eigenvalue weighted by Crippen LogP contribution is -2.56. The minimum atomic E-state index is -0.703. The highest BCUT2D eigenvalue weighted by molar-refractivity contribution is 5.66. The van der Waals surface area contributed by atoms with Gasteiger partial charge in [-0.05, 0) is 45.1 Å². The van der Waals surface area contributed by atoms with Gasteiger partial charge in [-0.1, -0.05) is 0 Å². The van der Waals surface area contributed by atoms with Crippen molar-refractivity contribution in [2.24, 2.45) is 5.92 Å². The number of carboxylic acids is 1. The summed E-state index contributed by atoms with van der Waals surface area (Å²) in [6, 6.07) is 0.456. The number of carboxylic acid groups (broad SMARTS) is 1. The van der Waals surface area contributed by atoms with Crippen LogP contribution in [0.2, 0.25) is 0 Å². The lowest BCUT2D eigenvalue weighted by molar-refractivity contribution is -0.137. The molecule has 29 heavy (non-hydrogen) atoms. The van der Waals surface area contributed by atoms with Gasteiger partial charge in [0, 0.05) is 64.3 Å². The van der Waals surface area contributed by atoms with Crippen LogP contribution in [0.3, 0.4) is 0 Å². The monoisotopic (exact) mass is 402 g/mol. The molecule has 2 atom stereocenters. The second-order valence-electron chi connectivity index (χ2n) is 8.73. The smallest absolute Gasteiger partial charge is 0.303 e. The number of piperazine rings is 1.